The average Bonchev–Trinajstić information content (AvgIpc) is 3.18. The normalized spacial score (nSPS) is 11.5. The smallest absolute Gasteiger partial charge is 0.0471 e. The largest absolute Gasteiger partial charge is 0.354 e. The van der Waals surface area contributed by atoms with Crippen LogP contribution in [-0.4, -0.2) is 4.98 Å². The summed E-state index contributed by atoms with van der Waals surface area (Å²) in [5, 5.41) is 5.82. The summed E-state index contributed by atoms with van der Waals surface area (Å²) in [5.74, 6) is 0. The number of rotatable bonds is 2. The molecule has 142 valence electrons. The van der Waals surface area contributed by atoms with Crippen molar-refractivity contribution in [1.29, 1.82) is 0 Å². The van der Waals surface area contributed by atoms with Crippen LogP contribution in [0.5, 0.6) is 0 Å². The Labute approximate surface area is 179 Å². The van der Waals surface area contributed by atoms with Crippen LogP contribution in [0.25, 0.3) is 54.8 Å². The fourth-order valence-corrected chi connectivity index (χ4v) is 4.67. The second-order valence-corrected chi connectivity index (χ2v) is 8.05. The van der Waals surface area contributed by atoms with Crippen molar-refractivity contribution in [3.05, 3.63) is 108 Å². The van der Waals surface area contributed by atoms with Gasteiger partial charge in [0, 0.05) is 26.8 Å². The summed E-state index contributed by atoms with van der Waals surface area (Å²) >= 11 is 6.14. The van der Waals surface area contributed by atoms with Crippen molar-refractivity contribution in [2.24, 2.45) is 0 Å². The molecule has 0 fully saturated rings. The summed E-state index contributed by atoms with van der Waals surface area (Å²) in [5.41, 5.74) is 7.18. The van der Waals surface area contributed by atoms with Crippen LogP contribution in [0, 0.1) is 0 Å². The Hall–Kier alpha value is -3.55. The quantitative estimate of drug-likeness (QED) is 0.298. The van der Waals surface area contributed by atoms with Crippen LogP contribution < -0.4 is 0 Å². The number of halogens is 1. The molecule has 0 spiro atoms. The maximum absolute atomic E-state index is 6.14. The minimum absolute atomic E-state index is 0.752. The third-order valence-corrected chi connectivity index (χ3v) is 6.14. The van der Waals surface area contributed by atoms with Gasteiger partial charge in [-0.1, -0.05) is 90.5 Å². The van der Waals surface area contributed by atoms with Gasteiger partial charge in [-0.05, 0) is 57.3 Å². The topological polar surface area (TPSA) is 15.8 Å². The molecule has 1 nitrogen and oxygen atoms in total. The minimum atomic E-state index is 0.752. The number of aromatic nitrogens is 1. The predicted octanol–water partition coefficient (Wildman–Crippen LogP) is 8.46. The summed E-state index contributed by atoms with van der Waals surface area (Å²) in [4.78, 5) is 3.59. The molecular formula is C28H18ClN. The molecule has 30 heavy (non-hydrogen) atoms. The van der Waals surface area contributed by atoms with Crippen LogP contribution in [0.1, 0.15) is 0 Å². The second kappa shape index (κ2) is 6.76. The maximum atomic E-state index is 6.14. The van der Waals surface area contributed by atoms with Gasteiger partial charge in [0.15, 0.2) is 0 Å². The third kappa shape index (κ3) is 2.63. The SMILES string of the molecule is Clc1ccc(-c2ccccc2-c2cccc3ccc4[nH]c5ccccc5c4c23)cc1. The zero-order valence-corrected chi connectivity index (χ0v) is 16.9. The Bertz CT molecular complexity index is 1540. The van der Waals surface area contributed by atoms with Crippen molar-refractivity contribution in [2.45, 2.75) is 0 Å². The number of fused-ring (bicyclic) bond motifs is 5. The first kappa shape index (κ1) is 17.3. The summed E-state index contributed by atoms with van der Waals surface area (Å²) in [6.45, 7) is 0. The van der Waals surface area contributed by atoms with E-state index in [1.165, 1.54) is 49.3 Å². The lowest BCUT2D eigenvalue weighted by Crippen LogP contribution is -1.87. The summed E-state index contributed by atoms with van der Waals surface area (Å²) in [7, 11) is 0. The Morgan fingerprint density at radius 1 is 0.500 bits per heavy atom. The van der Waals surface area contributed by atoms with Gasteiger partial charge in [-0.15, -0.1) is 0 Å². The zero-order valence-electron chi connectivity index (χ0n) is 16.2. The number of aromatic amines is 1. The number of hydrogen-bond donors (Lipinski definition) is 1. The molecule has 6 rings (SSSR count). The lowest BCUT2D eigenvalue weighted by Gasteiger charge is -2.14. The number of nitrogens with one attached hydrogen (secondary N) is 1. The van der Waals surface area contributed by atoms with E-state index in [1.807, 2.05) is 12.1 Å². The minimum Gasteiger partial charge on any atom is -0.354 e. The van der Waals surface area contributed by atoms with Crippen molar-refractivity contribution in [2.75, 3.05) is 0 Å². The molecule has 1 heterocycles. The molecule has 2 heteroatoms. The highest BCUT2D eigenvalue weighted by molar-refractivity contribution is 6.30. The molecule has 0 atom stereocenters. The van der Waals surface area contributed by atoms with E-state index in [1.54, 1.807) is 0 Å². The first-order valence-electron chi connectivity index (χ1n) is 10.1. The van der Waals surface area contributed by atoms with E-state index in [2.05, 4.69) is 96.0 Å². The van der Waals surface area contributed by atoms with Crippen molar-refractivity contribution in [1.82, 2.24) is 4.98 Å². The molecular weight excluding hydrogens is 386 g/mol. The monoisotopic (exact) mass is 403 g/mol. The van der Waals surface area contributed by atoms with E-state index in [0.717, 1.165) is 10.6 Å². The molecule has 0 bridgehead atoms. The van der Waals surface area contributed by atoms with Gasteiger partial charge < -0.3 is 4.98 Å². The molecule has 1 N–H and O–H groups in total. The fraction of sp³-hybridized carbons (Fsp3) is 0. The second-order valence-electron chi connectivity index (χ2n) is 7.61. The van der Waals surface area contributed by atoms with Gasteiger partial charge >= 0.3 is 0 Å². The summed E-state index contributed by atoms with van der Waals surface area (Å²) in [6, 6.07) is 36.2. The Kier molecular flexibility index (Phi) is 3.90. The highest BCUT2D eigenvalue weighted by atomic mass is 35.5. The van der Waals surface area contributed by atoms with E-state index >= 15 is 0 Å². The molecule has 0 saturated heterocycles. The van der Waals surface area contributed by atoms with Gasteiger partial charge in [0.2, 0.25) is 0 Å². The molecule has 0 radical (unpaired) electrons. The third-order valence-electron chi connectivity index (χ3n) is 5.88. The van der Waals surface area contributed by atoms with E-state index in [0.29, 0.717) is 0 Å². The van der Waals surface area contributed by atoms with E-state index in [-0.39, 0.29) is 0 Å². The zero-order chi connectivity index (χ0) is 20.1. The van der Waals surface area contributed by atoms with E-state index in [4.69, 9.17) is 11.6 Å². The van der Waals surface area contributed by atoms with E-state index < -0.39 is 0 Å². The van der Waals surface area contributed by atoms with Gasteiger partial charge in [-0.3, -0.25) is 0 Å². The summed E-state index contributed by atoms with van der Waals surface area (Å²) < 4.78 is 0. The number of para-hydroxylation sites is 1. The van der Waals surface area contributed by atoms with Crippen molar-refractivity contribution in [3.63, 3.8) is 0 Å². The lowest BCUT2D eigenvalue weighted by molar-refractivity contribution is 1.55. The molecule has 6 aromatic rings. The van der Waals surface area contributed by atoms with Crippen molar-refractivity contribution in [3.8, 4) is 22.3 Å². The Balaban J connectivity index is 1.73. The van der Waals surface area contributed by atoms with Gasteiger partial charge in [0.05, 0.1) is 0 Å². The standard InChI is InChI=1S/C28H18ClN/c29-20-15-12-18(13-16-20)21-7-1-2-8-22(21)23-10-5-6-19-14-17-26-28(27(19)23)24-9-3-4-11-25(24)30-26/h1-17,30H. The Morgan fingerprint density at radius 2 is 1.23 bits per heavy atom. The van der Waals surface area contributed by atoms with Crippen molar-refractivity contribution < 1.29 is 0 Å². The van der Waals surface area contributed by atoms with Crippen LogP contribution in [-0.2, 0) is 0 Å². The highest BCUT2D eigenvalue weighted by Gasteiger charge is 2.14. The van der Waals surface area contributed by atoms with Gasteiger partial charge in [0.1, 0.15) is 0 Å². The van der Waals surface area contributed by atoms with Crippen LogP contribution in [0.3, 0.4) is 0 Å². The van der Waals surface area contributed by atoms with Gasteiger partial charge in [0.25, 0.3) is 0 Å². The van der Waals surface area contributed by atoms with E-state index in [9.17, 15) is 0 Å². The molecule has 0 aliphatic heterocycles. The summed E-state index contributed by atoms with van der Waals surface area (Å²) in [6.07, 6.45) is 0. The van der Waals surface area contributed by atoms with Crippen LogP contribution in [0.15, 0.2) is 103 Å². The molecule has 0 aliphatic rings. The number of hydrogen-bond acceptors (Lipinski definition) is 0. The highest BCUT2D eigenvalue weighted by Crippen LogP contribution is 2.41. The number of benzene rings is 5. The average molecular weight is 404 g/mol. The lowest BCUT2D eigenvalue weighted by atomic mass is 9.90. The predicted molar refractivity (Wildman–Crippen MR) is 129 cm³/mol. The molecule has 0 amide bonds. The van der Waals surface area contributed by atoms with Crippen LogP contribution >= 0.6 is 11.6 Å². The fourth-order valence-electron chi connectivity index (χ4n) is 4.54. The Morgan fingerprint density at radius 3 is 2.10 bits per heavy atom. The molecule has 1 aromatic heterocycles. The van der Waals surface area contributed by atoms with Gasteiger partial charge in [-0.25, -0.2) is 0 Å². The first-order valence-corrected chi connectivity index (χ1v) is 10.4. The molecule has 0 saturated carbocycles. The molecule has 5 aromatic carbocycles. The first-order chi connectivity index (χ1) is 14.8. The number of H-pyrrole nitrogens is 1. The van der Waals surface area contributed by atoms with Crippen molar-refractivity contribution >= 4 is 44.2 Å². The molecule has 0 aliphatic carbocycles. The van der Waals surface area contributed by atoms with Gasteiger partial charge in [-0.2, -0.15) is 0 Å². The maximum Gasteiger partial charge on any atom is 0.0471 e. The van der Waals surface area contributed by atoms with Crippen LogP contribution in [0.2, 0.25) is 5.02 Å². The molecule has 0 unspecified atom stereocenters. The van der Waals surface area contributed by atoms with Crippen LogP contribution in [0.4, 0.5) is 0 Å².